The minimum atomic E-state index is -3.75. The van der Waals surface area contributed by atoms with Gasteiger partial charge >= 0.3 is 12.1 Å². The number of aryl methyl sites for hydroxylation is 1. The first-order valence-electron chi connectivity index (χ1n) is 12.3. The summed E-state index contributed by atoms with van der Waals surface area (Å²) in [5.74, 6) is 0.0896. The minimum absolute atomic E-state index is 0.166. The van der Waals surface area contributed by atoms with Crippen molar-refractivity contribution in [3.8, 4) is 5.75 Å². The molecule has 1 amide bonds. The Morgan fingerprint density at radius 1 is 1.05 bits per heavy atom. The van der Waals surface area contributed by atoms with Crippen LogP contribution >= 0.6 is 11.8 Å². The molecule has 212 valence electrons. The molecule has 0 aliphatic carbocycles. The van der Waals surface area contributed by atoms with Crippen LogP contribution < -0.4 is 10.1 Å². The van der Waals surface area contributed by atoms with E-state index in [1.165, 1.54) is 21.9 Å². The molecule has 0 aliphatic rings. The summed E-state index contributed by atoms with van der Waals surface area (Å²) in [6.07, 6.45) is 0.740. The highest BCUT2D eigenvalue weighted by molar-refractivity contribution is 7.99. The lowest BCUT2D eigenvalue weighted by Crippen LogP contribution is -2.45. The summed E-state index contributed by atoms with van der Waals surface area (Å²) in [6, 6.07) is 12.6. The van der Waals surface area contributed by atoms with E-state index < -0.39 is 33.7 Å². The van der Waals surface area contributed by atoms with Gasteiger partial charge in [0.2, 0.25) is 0 Å². The molecule has 1 heterocycles. The molecule has 0 saturated carbocycles. The molecule has 0 fully saturated rings. The van der Waals surface area contributed by atoms with Gasteiger partial charge in [-0.25, -0.2) is 22.0 Å². The molecular formula is C27H34N2O8S2. The maximum atomic E-state index is 13.1. The second-order valence-electron chi connectivity index (χ2n) is 9.69. The van der Waals surface area contributed by atoms with Crippen LogP contribution in [0.15, 0.2) is 59.6 Å². The lowest BCUT2D eigenvalue weighted by molar-refractivity contribution is -0.138. The molecule has 2 N–H and O–H groups in total. The van der Waals surface area contributed by atoms with E-state index in [0.29, 0.717) is 29.0 Å². The van der Waals surface area contributed by atoms with Crippen LogP contribution in [0.4, 0.5) is 4.79 Å². The number of carboxylic acid groups (broad SMARTS) is 1. The zero-order chi connectivity index (χ0) is 28.6. The molecule has 12 heteroatoms. The summed E-state index contributed by atoms with van der Waals surface area (Å²) in [5.41, 5.74) is 0.769. The Balaban J connectivity index is 1.45. The molecule has 3 rings (SSSR count). The van der Waals surface area contributed by atoms with Crippen molar-refractivity contribution in [1.29, 1.82) is 0 Å². The fourth-order valence-electron chi connectivity index (χ4n) is 3.53. The molecule has 1 aromatic heterocycles. The third-order valence-electron chi connectivity index (χ3n) is 5.37. The number of hydrogen-bond donors (Lipinski definition) is 2. The van der Waals surface area contributed by atoms with E-state index in [0.717, 1.165) is 5.56 Å². The van der Waals surface area contributed by atoms with Crippen molar-refractivity contribution in [3.63, 3.8) is 0 Å². The van der Waals surface area contributed by atoms with Gasteiger partial charge in [0.1, 0.15) is 24.0 Å². The summed E-state index contributed by atoms with van der Waals surface area (Å²) >= 11 is 1.33. The zero-order valence-corrected chi connectivity index (χ0v) is 24.0. The molecule has 0 unspecified atom stereocenters. The van der Waals surface area contributed by atoms with Gasteiger partial charge in [-0.05, 0) is 58.0 Å². The normalized spacial score (nSPS) is 12.7. The van der Waals surface area contributed by atoms with Crippen molar-refractivity contribution in [2.24, 2.45) is 0 Å². The summed E-state index contributed by atoms with van der Waals surface area (Å²) < 4.78 is 44.1. The molecule has 2 aromatic carbocycles. The number of carbonyl (C=O) groups is 2. The monoisotopic (exact) mass is 578 g/mol. The number of alkyl carbamates (subject to hydrolysis) is 1. The quantitative estimate of drug-likeness (QED) is 0.285. The number of carbonyl (C=O) groups excluding carboxylic acids is 1. The Bertz CT molecular complexity index is 1380. The second kappa shape index (κ2) is 13.2. The topological polar surface area (TPSA) is 133 Å². The Hall–Kier alpha value is -3.22. The van der Waals surface area contributed by atoms with Crippen molar-refractivity contribution in [3.05, 3.63) is 60.3 Å². The zero-order valence-electron chi connectivity index (χ0n) is 22.4. The lowest BCUT2D eigenvalue weighted by atomic mass is 10.2. The van der Waals surface area contributed by atoms with E-state index in [4.69, 9.17) is 14.2 Å². The van der Waals surface area contributed by atoms with E-state index in [-0.39, 0.29) is 23.9 Å². The van der Waals surface area contributed by atoms with Gasteiger partial charge in [0.05, 0.1) is 23.6 Å². The van der Waals surface area contributed by atoms with Crippen molar-refractivity contribution in [2.45, 2.75) is 44.2 Å². The lowest BCUT2D eigenvalue weighted by Gasteiger charge is -2.21. The fraction of sp³-hybridized carbons (Fsp3) is 0.407. The van der Waals surface area contributed by atoms with Crippen molar-refractivity contribution in [1.82, 2.24) is 9.29 Å². The number of rotatable bonds is 13. The first-order chi connectivity index (χ1) is 18.4. The van der Waals surface area contributed by atoms with Crippen LogP contribution in [0.1, 0.15) is 26.3 Å². The fourth-order valence-corrected chi connectivity index (χ4v) is 5.74. The van der Waals surface area contributed by atoms with Crippen LogP contribution in [0.2, 0.25) is 0 Å². The molecule has 10 nitrogen and oxygen atoms in total. The maximum Gasteiger partial charge on any atom is 0.408 e. The predicted molar refractivity (Wildman–Crippen MR) is 150 cm³/mol. The number of aliphatic carboxylic acids is 1. The highest BCUT2D eigenvalue weighted by Crippen LogP contribution is 2.29. The van der Waals surface area contributed by atoms with E-state index in [1.54, 1.807) is 69.3 Å². The van der Waals surface area contributed by atoms with Gasteiger partial charge < -0.3 is 24.6 Å². The second-order valence-corrected chi connectivity index (χ2v) is 12.7. The number of carboxylic acids is 1. The van der Waals surface area contributed by atoms with Crippen LogP contribution in [0.3, 0.4) is 0 Å². The van der Waals surface area contributed by atoms with Gasteiger partial charge in [0.15, 0.2) is 0 Å². The number of nitrogens with one attached hydrogen (secondary N) is 1. The predicted octanol–water partition coefficient (Wildman–Crippen LogP) is 4.29. The van der Waals surface area contributed by atoms with E-state index in [2.05, 4.69) is 5.32 Å². The largest absolute Gasteiger partial charge is 0.490 e. The summed E-state index contributed by atoms with van der Waals surface area (Å²) in [6.45, 7) is 7.90. The van der Waals surface area contributed by atoms with Gasteiger partial charge in [0, 0.05) is 23.1 Å². The number of benzene rings is 2. The van der Waals surface area contributed by atoms with Crippen molar-refractivity contribution < 1.29 is 37.3 Å². The van der Waals surface area contributed by atoms with E-state index >= 15 is 0 Å². The highest BCUT2D eigenvalue weighted by Gasteiger charge is 2.24. The molecule has 1 atom stereocenters. The molecule has 0 aliphatic heterocycles. The average Bonchev–Trinajstić information content (AvgIpc) is 3.30. The van der Waals surface area contributed by atoms with Crippen LogP contribution in [0, 0.1) is 6.92 Å². The maximum absolute atomic E-state index is 13.1. The molecule has 0 spiro atoms. The number of aromatic nitrogens is 1. The summed E-state index contributed by atoms with van der Waals surface area (Å²) in [4.78, 5) is 23.4. The SMILES string of the molecule is Cc1ccc(S(=O)(=O)n2ccc3c(OCCOCCSC[C@H](NC(=O)OC(C)(C)C)C(=O)O)cccc32)cc1. The molecular weight excluding hydrogens is 544 g/mol. The van der Waals surface area contributed by atoms with Gasteiger partial charge in [0.25, 0.3) is 10.0 Å². The third-order valence-corrected chi connectivity index (χ3v) is 8.09. The summed E-state index contributed by atoms with van der Waals surface area (Å²) in [5, 5.41) is 12.3. The standard InChI is InChI=1S/C27H34N2O8S2/c1-19-8-10-20(11-9-19)39(33,34)29-13-12-21-23(29)6-5-7-24(21)36-15-14-35-16-17-38-18-22(25(30)31)28-26(32)37-27(2,3)4/h5-13,22H,14-18H2,1-4H3,(H,28,32)(H,30,31)/t22-/m0/s1. The molecule has 3 aromatic rings. The van der Waals surface area contributed by atoms with E-state index in [1.807, 2.05) is 6.92 Å². The van der Waals surface area contributed by atoms with Crippen molar-refractivity contribution in [2.75, 3.05) is 31.3 Å². The molecule has 39 heavy (non-hydrogen) atoms. The minimum Gasteiger partial charge on any atom is -0.490 e. The summed E-state index contributed by atoms with van der Waals surface area (Å²) in [7, 11) is -3.75. The Labute approximate surface area is 232 Å². The Morgan fingerprint density at radius 3 is 2.44 bits per heavy atom. The number of ether oxygens (including phenoxy) is 3. The first-order valence-corrected chi connectivity index (χ1v) is 14.9. The average molecular weight is 579 g/mol. The first kappa shape index (κ1) is 30.3. The molecule has 0 radical (unpaired) electrons. The Morgan fingerprint density at radius 2 is 1.77 bits per heavy atom. The number of nitrogens with zero attached hydrogens (tertiary/aromatic N) is 1. The highest BCUT2D eigenvalue weighted by atomic mass is 32.2. The number of amides is 1. The third kappa shape index (κ3) is 8.64. The van der Waals surface area contributed by atoms with Crippen LogP contribution in [0.5, 0.6) is 5.75 Å². The van der Waals surface area contributed by atoms with Gasteiger partial charge in [-0.15, -0.1) is 0 Å². The van der Waals surface area contributed by atoms with Crippen molar-refractivity contribution >= 4 is 44.8 Å². The number of thioether (sulfide) groups is 1. The smallest absolute Gasteiger partial charge is 0.408 e. The van der Waals surface area contributed by atoms with Crippen LogP contribution in [-0.4, -0.2) is 72.5 Å². The molecule has 0 bridgehead atoms. The van der Waals surface area contributed by atoms with Gasteiger partial charge in [-0.3, -0.25) is 0 Å². The van der Waals surface area contributed by atoms with Crippen LogP contribution in [-0.2, 0) is 24.3 Å². The van der Waals surface area contributed by atoms with Gasteiger partial charge in [-0.1, -0.05) is 23.8 Å². The number of fused-ring (bicyclic) bond motifs is 1. The number of hydrogen-bond acceptors (Lipinski definition) is 8. The van der Waals surface area contributed by atoms with Crippen LogP contribution in [0.25, 0.3) is 10.9 Å². The van der Waals surface area contributed by atoms with E-state index in [9.17, 15) is 23.1 Å². The van der Waals surface area contributed by atoms with Gasteiger partial charge in [-0.2, -0.15) is 11.8 Å². The Kier molecular flexibility index (Phi) is 10.3. The molecule has 0 saturated heterocycles.